The molecule has 0 spiro atoms. The number of carbonyl (C=O) groups excluding carboxylic acids is 2. The zero-order valence-electron chi connectivity index (χ0n) is 23.9. The summed E-state index contributed by atoms with van der Waals surface area (Å²) in [5.41, 5.74) is 5.69. The summed E-state index contributed by atoms with van der Waals surface area (Å²) < 4.78 is 19.3. The molecule has 0 unspecified atom stereocenters. The van der Waals surface area contributed by atoms with Gasteiger partial charge in [-0.25, -0.2) is 0 Å². The molecule has 3 saturated carbocycles. The predicted octanol–water partition coefficient (Wildman–Crippen LogP) is 4.66. The van der Waals surface area contributed by atoms with Gasteiger partial charge in [0.15, 0.2) is 23.5 Å². The van der Waals surface area contributed by atoms with E-state index < -0.39 is 47.3 Å². The highest BCUT2D eigenvalue weighted by molar-refractivity contribution is 6.01. The van der Waals surface area contributed by atoms with Gasteiger partial charge in [0.25, 0.3) is 0 Å². The smallest absolute Gasteiger partial charge is 0.193 e. The summed E-state index contributed by atoms with van der Waals surface area (Å²) in [6.07, 6.45) is 5.69. The molecule has 4 N–H and O–H groups in total. The SMILES string of the molecule is C[C@]12C=CC(=O)C=C1CC[C@@H]1[C@@H]2[C@@H](O)C[C@@]2(C)[C@H]1C[C@H]1O[C@H](c3cccc(Oc4cccc(N)c4)c3)O[C@]12C(=O)CO. The highest BCUT2D eigenvalue weighted by Crippen LogP contribution is 2.70. The molecule has 1 heterocycles. The molecular formula is C34H37NO7. The lowest BCUT2D eigenvalue weighted by Gasteiger charge is -2.59. The minimum absolute atomic E-state index is 0.00540. The number of hydrogen-bond donors (Lipinski definition) is 3. The van der Waals surface area contributed by atoms with Gasteiger partial charge < -0.3 is 30.2 Å². The number of hydrogen-bond acceptors (Lipinski definition) is 8. The van der Waals surface area contributed by atoms with Crippen LogP contribution in [-0.2, 0) is 19.1 Å². The normalized spacial score (nSPS) is 40.0. The fourth-order valence-corrected chi connectivity index (χ4v) is 9.27. The van der Waals surface area contributed by atoms with Crippen molar-refractivity contribution in [2.75, 3.05) is 12.3 Å². The molecule has 42 heavy (non-hydrogen) atoms. The van der Waals surface area contributed by atoms with Gasteiger partial charge in [-0.1, -0.05) is 43.7 Å². The average Bonchev–Trinajstić information content (AvgIpc) is 3.46. The third-order valence-electron chi connectivity index (χ3n) is 11.0. The van der Waals surface area contributed by atoms with Gasteiger partial charge in [0, 0.05) is 34.1 Å². The molecule has 0 radical (unpaired) electrons. The number of ketones is 2. The lowest BCUT2D eigenvalue weighted by Crippen LogP contribution is -2.63. The van der Waals surface area contributed by atoms with Crippen molar-refractivity contribution < 1.29 is 34.0 Å². The maximum absolute atomic E-state index is 13.8. The van der Waals surface area contributed by atoms with Crippen LogP contribution in [0.3, 0.4) is 0 Å². The fourth-order valence-electron chi connectivity index (χ4n) is 9.27. The van der Waals surface area contributed by atoms with Crippen molar-refractivity contribution in [3.63, 3.8) is 0 Å². The van der Waals surface area contributed by atoms with Gasteiger partial charge in [-0.3, -0.25) is 9.59 Å². The number of nitrogen functional groups attached to an aromatic ring is 1. The maximum Gasteiger partial charge on any atom is 0.193 e. The molecule has 8 nitrogen and oxygen atoms in total. The monoisotopic (exact) mass is 571 g/mol. The third-order valence-corrected chi connectivity index (χ3v) is 11.0. The Hall–Kier alpha value is -3.30. The van der Waals surface area contributed by atoms with Gasteiger partial charge in [0.05, 0.1) is 12.2 Å². The number of allylic oxidation sites excluding steroid dienone is 4. The number of aliphatic hydroxyl groups is 2. The molecule has 2 aromatic carbocycles. The summed E-state index contributed by atoms with van der Waals surface area (Å²) in [4.78, 5) is 25.9. The van der Waals surface area contributed by atoms with Crippen LogP contribution in [0.1, 0.15) is 51.4 Å². The van der Waals surface area contributed by atoms with Crippen LogP contribution in [0.5, 0.6) is 11.5 Å². The van der Waals surface area contributed by atoms with Crippen LogP contribution < -0.4 is 10.5 Å². The Balaban J connectivity index is 1.21. The summed E-state index contributed by atoms with van der Waals surface area (Å²) in [5.74, 6) is 0.808. The van der Waals surface area contributed by atoms with Crippen molar-refractivity contribution in [2.24, 2.45) is 28.6 Å². The van der Waals surface area contributed by atoms with E-state index >= 15 is 0 Å². The van der Waals surface area contributed by atoms with E-state index in [4.69, 9.17) is 19.9 Å². The van der Waals surface area contributed by atoms with E-state index in [1.807, 2.05) is 49.4 Å². The van der Waals surface area contributed by atoms with Gasteiger partial charge in [0.2, 0.25) is 0 Å². The topological polar surface area (TPSA) is 128 Å². The van der Waals surface area contributed by atoms with Crippen LogP contribution in [0, 0.1) is 28.6 Å². The summed E-state index contributed by atoms with van der Waals surface area (Å²) in [6.45, 7) is 3.48. The van der Waals surface area contributed by atoms with E-state index in [0.717, 1.165) is 18.4 Å². The Morgan fingerprint density at radius 1 is 1.14 bits per heavy atom. The molecule has 0 amide bonds. The number of carbonyl (C=O) groups is 2. The van der Waals surface area contributed by atoms with Crippen molar-refractivity contribution in [2.45, 2.75) is 63.6 Å². The Kier molecular flexibility index (Phi) is 6.30. The van der Waals surface area contributed by atoms with Crippen LogP contribution in [-0.4, -0.2) is 46.2 Å². The largest absolute Gasteiger partial charge is 0.457 e. The molecule has 1 saturated heterocycles. The first-order valence-electron chi connectivity index (χ1n) is 14.8. The molecule has 220 valence electrons. The van der Waals surface area contributed by atoms with E-state index in [1.165, 1.54) is 0 Å². The fraction of sp³-hybridized carbons (Fsp3) is 0.471. The van der Waals surface area contributed by atoms with Gasteiger partial charge in [-0.2, -0.15) is 0 Å². The molecule has 8 heteroatoms. The Morgan fingerprint density at radius 2 is 1.90 bits per heavy atom. The second kappa shape index (κ2) is 9.61. The number of anilines is 1. The van der Waals surface area contributed by atoms with Crippen molar-refractivity contribution in [1.29, 1.82) is 0 Å². The number of fused-ring (bicyclic) bond motifs is 7. The Labute approximate surface area is 245 Å². The predicted molar refractivity (Wildman–Crippen MR) is 154 cm³/mol. The van der Waals surface area contributed by atoms with E-state index in [2.05, 4.69) is 6.92 Å². The molecule has 1 aliphatic heterocycles. The quantitative estimate of drug-likeness (QED) is 0.442. The standard InChI is InChI=1S/C34H37NO7/c1-32-12-11-22(37)14-20(32)9-10-25-26-16-29-34(28(39)18-36,33(26,2)17-27(38)30(25)32)42-31(41-29)19-5-3-7-23(13-19)40-24-8-4-6-21(35)15-24/h3-8,11-15,25-27,29-31,36,38H,9-10,16-18,35H2,1-2H3/t25-,26-,27-,29+,30+,31-,32-,33-,34+/m0/s1. The number of ether oxygens (including phenoxy) is 3. The van der Waals surface area contributed by atoms with Crippen LogP contribution in [0.4, 0.5) is 5.69 Å². The first-order chi connectivity index (χ1) is 20.1. The highest BCUT2D eigenvalue weighted by atomic mass is 16.7. The van der Waals surface area contributed by atoms with Crippen molar-refractivity contribution in [3.05, 3.63) is 77.9 Å². The second-order valence-electron chi connectivity index (χ2n) is 13.1. The second-order valence-corrected chi connectivity index (χ2v) is 13.1. The van der Waals surface area contributed by atoms with Crippen molar-refractivity contribution in [1.82, 2.24) is 0 Å². The van der Waals surface area contributed by atoms with Gasteiger partial charge in [-0.05, 0) is 73.9 Å². The van der Waals surface area contributed by atoms with Crippen LogP contribution in [0.25, 0.3) is 0 Å². The molecule has 4 aliphatic carbocycles. The van der Waals surface area contributed by atoms with Crippen LogP contribution in [0.15, 0.2) is 72.3 Å². The molecule has 0 aromatic heterocycles. The molecular weight excluding hydrogens is 534 g/mol. The summed E-state index contributed by atoms with van der Waals surface area (Å²) in [7, 11) is 0. The number of rotatable bonds is 5. The van der Waals surface area contributed by atoms with Crippen LogP contribution in [0.2, 0.25) is 0 Å². The number of nitrogens with two attached hydrogens (primary N) is 1. The third kappa shape index (κ3) is 3.82. The van der Waals surface area contributed by atoms with Crippen molar-refractivity contribution >= 4 is 17.3 Å². The van der Waals surface area contributed by atoms with Gasteiger partial charge in [0.1, 0.15) is 18.1 Å². The summed E-state index contributed by atoms with van der Waals surface area (Å²) in [5, 5.41) is 22.0. The number of aliphatic hydroxyl groups excluding tert-OH is 2. The van der Waals surface area contributed by atoms with E-state index in [9.17, 15) is 19.8 Å². The minimum atomic E-state index is -1.40. The summed E-state index contributed by atoms with van der Waals surface area (Å²) >= 11 is 0. The molecule has 2 aromatic rings. The first-order valence-corrected chi connectivity index (χ1v) is 14.8. The average molecular weight is 572 g/mol. The molecule has 0 bridgehead atoms. The van der Waals surface area contributed by atoms with Crippen molar-refractivity contribution in [3.8, 4) is 11.5 Å². The van der Waals surface area contributed by atoms with E-state index in [1.54, 1.807) is 24.3 Å². The summed E-state index contributed by atoms with van der Waals surface area (Å²) in [6, 6.07) is 14.5. The maximum atomic E-state index is 13.8. The van der Waals surface area contributed by atoms with Gasteiger partial charge in [-0.15, -0.1) is 0 Å². The highest BCUT2D eigenvalue weighted by Gasteiger charge is 2.75. The van der Waals surface area contributed by atoms with Crippen LogP contribution >= 0.6 is 0 Å². The number of benzene rings is 2. The number of Topliss-reactive ketones (excluding diaryl/α,β-unsaturated/α-hetero) is 1. The zero-order chi connectivity index (χ0) is 29.4. The molecule has 4 fully saturated rings. The first kappa shape index (κ1) is 27.5. The van der Waals surface area contributed by atoms with Gasteiger partial charge >= 0.3 is 0 Å². The Morgan fingerprint density at radius 3 is 2.67 bits per heavy atom. The molecule has 7 rings (SSSR count). The zero-order valence-corrected chi connectivity index (χ0v) is 23.9. The van der Waals surface area contributed by atoms with E-state index in [-0.39, 0.29) is 23.5 Å². The Bertz CT molecular complexity index is 1520. The minimum Gasteiger partial charge on any atom is -0.457 e. The lowest BCUT2D eigenvalue weighted by molar-refractivity contribution is -0.201. The van der Waals surface area contributed by atoms with E-state index in [0.29, 0.717) is 35.6 Å². The molecule has 5 aliphatic rings. The molecule has 9 atom stereocenters. The lowest BCUT2D eigenvalue weighted by atomic mass is 9.46.